The van der Waals surface area contributed by atoms with Crippen molar-refractivity contribution in [2.24, 2.45) is 0 Å². The van der Waals surface area contributed by atoms with Crippen LogP contribution in [0.1, 0.15) is 18.4 Å². The number of anilines is 2. The molecular formula is C16H18FN3O. The predicted octanol–water partition coefficient (Wildman–Crippen LogP) is 3.14. The summed E-state index contributed by atoms with van der Waals surface area (Å²) in [5, 5.41) is 12.7. The van der Waals surface area contributed by atoms with Crippen molar-refractivity contribution in [3.63, 3.8) is 0 Å². The Morgan fingerprint density at radius 3 is 2.81 bits per heavy atom. The van der Waals surface area contributed by atoms with Crippen LogP contribution < -0.4 is 10.2 Å². The summed E-state index contributed by atoms with van der Waals surface area (Å²) in [7, 11) is 0. The van der Waals surface area contributed by atoms with E-state index in [9.17, 15) is 9.50 Å². The van der Waals surface area contributed by atoms with E-state index < -0.39 is 5.82 Å². The lowest BCUT2D eigenvalue weighted by Gasteiger charge is -2.20. The van der Waals surface area contributed by atoms with E-state index in [1.165, 1.54) is 18.9 Å². The Hall–Kier alpha value is -2.30. The molecule has 2 heterocycles. The van der Waals surface area contributed by atoms with Gasteiger partial charge in [-0.1, -0.05) is 0 Å². The third-order valence-electron chi connectivity index (χ3n) is 3.62. The van der Waals surface area contributed by atoms with Gasteiger partial charge in [0.1, 0.15) is 11.6 Å². The van der Waals surface area contributed by atoms with Crippen molar-refractivity contribution in [1.82, 2.24) is 4.98 Å². The summed E-state index contributed by atoms with van der Waals surface area (Å²) in [5.74, 6) is 0.450. The number of pyridine rings is 1. The Morgan fingerprint density at radius 2 is 2.05 bits per heavy atom. The SMILES string of the molecule is Oc1cc(F)cc(CNc2cccnc2N2CCCC2)c1. The number of hydrogen-bond donors (Lipinski definition) is 2. The Labute approximate surface area is 123 Å². The highest BCUT2D eigenvalue weighted by molar-refractivity contribution is 5.65. The van der Waals surface area contributed by atoms with Gasteiger partial charge in [-0.05, 0) is 42.7 Å². The molecule has 1 aromatic carbocycles. The van der Waals surface area contributed by atoms with Crippen LogP contribution in [0.3, 0.4) is 0 Å². The molecule has 5 heteroatoms. The van der Waals surface area contributed by atoms with E-state index in [2.05, 4.69) is 15.2 Å². The molecule has 0 bridgehead atoms. The molecule has 110 valence electrons. The Balaban J connectivity index is 1.75. The molecule has 0 amide bonds. The molecule has 4 nitrogen and oxygen atoms in total. The van der Waals surface area contributed by atoms with Crippen LogP contribution >= 0.6 is 0 Å². The molecule has 0 radical (unpaired) electrons. The third-order valence-corrected chi connectivity index (χ3v) is 3.62. The third kappa shape index (κ3) is 3.24. The van der Waals surface area contributed by atoms with Crippen molar-refractivity contribution in [2.45, 2.75) is 19.4 Å². The molecule has 3 rings (SSSR count). The Kier molecular flexibility index (Phi) is 3.90. The van der Waals surface area contributed by atoms with Crippen molar-refractivity contribution in [2.75, 3.05) is 23.3 Å². The zero-order chi connectivity index (χ0) is 14.7. The van der Waals surface area contributed by atoms with Crippen LogP contribution in [0.25, 0.3) is 0 Å². The van der Waals surface area contributed by atoms with Crippen LogP contribution in [0.4, 0.5) is 15.9 Å². The number of halogens is 1. The van der Waals surface area contributed by atoms with Crippen LogP contribution in [0.15, 0.2) is 36.5 Å². The van der Waals surface area contributed by atoms with Crippen molar-refractivity contribution in [3.05, 3.63) is 47.9 Å². The standard InChI is InChI=1S/C16H18FN3O/c17-13-8-12(9-14(21)10-13)11-19-15-4-3-5-18-16(15)20-6-1-2-7-20/h3-5,8-10,19,21H,1-2,6-7,11H2. The number of aromatic hydroxyl groups is 1. The zero-order valence-electron chi connectivity index (χ0n) is 11.7. The first-order chi connectivity index (χ1) is 10.2. The highest BCUT2D eigenvalue weighted by Gasteiger charge is 2.16. The second kappa shape index (κ2) is 5.99. The zero-order valence-corrected chi connectivity index (χ0v) is 11.7. The molecule has 1 saturated heterocycles. The molecule has 0 spiro atoms. The number of nitrogens with zero attached hydrogens (tertiary/aromatic N) is 2. The summed E-state index contributed by atoms with van der Waals surface area (Å²) in [6.45, 7) is 2.48. The number of rotatable bonds is 4. The van der Waals surface area contributed by atoms with E-state index in [0.29, 0.717) is 12.1 Å². The van der Waals surface area contributed by atoms with Gasteiger partial charge in [0.15, 0.2) is 5.82 Å². The van der Waals surface area contributed by atoms with E-state index in [0.717, 1.165) is 30.7 Å². The highest BCUT2D eigenvalue weighted by Crippen LogP contribution is 2.26. The number of phenols is 1. The predicted molar refractivity (Wildman–Crippen MR) is 81.1 cm³/mol. The van der Waals surface area contributed by atoms with Crippen LogP contribution in [-0.4, -0.2) is 23.2 Å². The molecule has 21 heavy (non-hydrogen) atoms. The summed E-state index contributed by atoms with van der Waals surface area (Å²) >= 11 is 0. The van der Waals surface area contributed by atoms with Crippen LogP contribution in [0.5, 0.6) is 5.75 Å². The minimum absolute atomic E-state index is 0.0576. The number of nitrogens with one attached hydrogen (secondary N) is 1. The van der Waals surface area contributed by atoms with Gasteiger partial charge < -0.3 is 15.3 Å². The highest BCUT2D eigenvalue weighted by atomic mass is 19.1. The number of benzene rings is 1. The molecule has 0 atom stereocenters. The number of hydrogen-bond acceptors (Lipinski definition) is 4. The second-order valence-electron chi connectivity index (χ2n) is 5.24. The molecular weight excluding hydrogens is 269 g/mol. The van der Waals surface area contributed by atoms with Crippen molar-refractivity contribution in [3.8, 4) is 5.75 Å². The fourth-order valence-corrected chi connectivity index (χ4v) is 2.65. The largest absolute Gasteiger partial charge is 0.508 e. The Bertz CT molecular complexity index is 606. The van der Waals surface area contributed by atoms with E-state index >= 15 is 0 Å². The maximum Gasteiger partial charge on any atom is 0.151 e. The summed E-state index contributed by atoms with van der Waals surface area (Å²) in [4.78, 5) is 6.70. The van der Waals surface area contributed by atoms with Gasteiger partial charge in [0.25, 0.3) is 0 Å². The minimum Gasteiger partial charge on any atom is -0.508 e. The van der Waals surface area contributed by atoms with Gasteiger partial charge in [-0.25, -0.2) is 9.37 Å². The monoisotopic (exact) mass is 287 g/mol. The first kappa shape index (κ1) is 13.7. The van der Waals surface area contributed by atoms with Gasteiger partial charge >= 0.3 is 0 Å². The first-order valence-electron chi connectivity index (χ1n) is 7.14. The molecule has 2 aromatic rings. The quantitative estimate of drug-likeness (QED) is 0.907. The fraction of sp³-hybridized carbons (Fsp3) is 0.312. The summed E-state index contributed by atoms with van der Waals surface area (Å²) in [6, 6.07) is 7.93. The van der Waals surface area contributed by atoms with Crippen molar-refractivity contribution < 1.29 is 9.50 Å². The molecule has 1 aromatic heterocycles. The normalized spacial score (nSPS) is 14.4. The van der Waals surface area contributed by atoms with Crippen LogP contribution in [-0.2, 0) is 6.54 Å². The van der Waals surface area contributed by atoms with Gasteiger partial charge in [0, 0.05) is 31.9 Å². The van der Waals surface area contributed by atoms with Gasteiger partial charge in [-0.3, -0.25) is 0 Å². The fourth-order valence-electron chi connectivity index (χ4n) is 2.65. The lowest BCUT2D eigenvalue weighted by Crippen LogP contribution is -2.20. The minimum atomic E-state index is -0.433. The Morgan fingerprint density at radius 1 is 1.24 bits per heavy atom. The molecule has 1 aliphatic heterocycles. The average Bonchev–Trinajstić information content (AvgIpc) is 2.98. The molecule has 2 N–H and O–H groups in total. The van der Waals surface area contributed by atoms with Crippen molar-refractivity contribution in [1.29, 1.82) is 0 Å². The average molecular weight is 287 g/mol. The number of aromatic nitrogens is 1. The maximum atomic E-state index is 13.3. The van der Waals surface area contributed by atoms with Gasteiger partial charge in [-0.15, -0.1) is 0 Å². The second-order valence-corrected chi connectivity index (χ2v) is 5.24. The van der Waals surface area contributed by atoms with Crippen LogP contribution in [0.2, 0.25) is 0 Å². The number of phenolic OH excluding ortho intramolecular Hbond substituents is 1. The molecule has 1 aliphatic rings. The van der Waals surface area contributed by atoms with E-state index in [-0.39, 0.29) is 5.75 Å². The smallest absolute Gasteiger partial charge is 0.151 e. The maximum absolute atomic E-state index is 13.3. The van der Waals surface area contributed by atoms with E-state index in [1.54, 1.807) is 12.3 Å². The van der Waals surface area contributed by atoms with Crippen molar-refractivity contribution >= 4 is 11.5 Å². The van der Waals surface area contributed by atoms with Gasteiger partial charge in [0.05, 0.1) is 5.69 Å². The summed E-state index contributed by atoms with van der Waals surface area (Å²) in [5.41, 5.74) is 1.63. The summed E-state index contributed by atoms with van der Waals surface area (Å²) < 4.78 is 13.3. The van der Waals surface area contributed by atoms with Gasteiger partial charge in [-0.2, -0.15) is 0 Å². The summed E-state index contributed by atoms with van der Waals surface area (Å²) in [6.07, 6.45) is 4.16. The first-order valence-corrected chi connectivity index (χ1v) is 7.14. The van der Waals surface area contributed by atoms with Gasteiger partial charge in [0.2, 0.25) is 0 Å². The molecule has 0 saturated carbocycles. The lowest BCUT2D eigenvalue weighted by molar-refractivity contribution is 0.468. The molecule has 0 aliphatic carbocycles. The van der Waals surface area contributed by atoms with E-state index in [4.69, 9.17) is 0 Å². The lowest BCUT2D eigenvalue weighted by atomic mass is 10.2. The molecule has 1 fully saturated rings. The van der Waals surface area contributed by atoms with Crippen LogP contribution in [0, 0.1) is 5.82 Å². The molecule has 0 unspecified atom stereocenters. The van der Waals surface area contributed by atoms with E-state index in [1.807, 2.05) is 12.1 Å². The topological polar surface area (TPSA) is 48.4 Å².